The molecule has 0 spiro atoms. The molecule has 0 radical (unpaired) electrons. The maximum Gasteiger partial charge on any atom is 0.163 e. The van der Waals surface area contributed by atoms with E-state index in [4.69, 9.17) is 9.47 Å². The molecule has 5 atom stereocenters. The Bertz CT molecular complexity index is 350. The van der Waals surface area contributed by atoms with E-state index in [1.54, 1.807) is 7.11 Å². The second-order valence-electron chi connectivity index (χ2n) is 4.78. The number of benzene rings is 1. The standard InChI is InChI=1S/C14H20O3/c1-9-12(15)10(2)14(16-3)17-13(9)11-7-5-4-6-8-11/h4-10,12-15H,1-3H3/t9-,10-,12+,13+,14-/m1/s1. The van der Waals surface area contributed by atoms with Gasteiger partial charge >= 0.3 is 0 Å². The first-order chi connectivity index (χ1) is 8.15. The van der Waals surface area contributed by atoms with E-state index in [0.717, 1.165) is 5.56 Å². The molecule has 1 heterocycles. The van der Waals surface area contributed by atoms with Crippen LogP contribution in [0.5, 0.6) is 0 Å². The van der Waals surface area contributed by atoms with Gasteiger partial charge in [0, 0.05) is 18.9 Å². The van der Waals surface area contributed by atoms with E-state index >= 15 is 0 Å². The molecule has 1 aliphatic heterocycles. The number of rotatable bonds is 2. The average Bonchev–Trinajstić information content (AvgIpc) is 2.37. The quantitative estimate of drug-likeness (QED) is 0.856. The molecular formula is C14H20O3. The first kappa shape index (κ1) is 12.6. The Kier molecular flexibility index (Phi) is 3.82. The summed E-state index contributed by atoms with van der Waals surface area (Å²) >= 11 is 0. The molecule has 1 aliphatic rings. The van der Waals surface area contributed by atoms with E-state index < -0.39 is 6.10 Å². The van der Waals surface area contributed by atoms with Crippen LogP contribution in [0.3, 0.4) is 0 Å². The lowest BCUT2D eigenvalue weighted by Gasteiger charge is -2.42. The van der Waals surface area contributed by atoms with Crippen molar-refractivity contribution in [2.45, 2.75) is 32.3 Å². The Balaban J connectivity index is 2.23. The van der Waals surface area contributed by atoms with Crippen molar-refractivity contribution in [3.8, 4) is 0 Å². The highest BCUT2D eigenvalue weighted by atomic mass is 16.7. The largest absolute Gasteiger partial charge is 0.392 e. The molecule has 0 bridgehead atoms. The van der Waals surface area contributed by atoms with Crippen LogP contribution in [0.2, 0.25) is 0 Å². The van der Waals surface area contributed by atoms with Gasteiger partial charge in [0.15, 0.2) is 6.29 Å². The molecule has 3 nitrogen and oxygen atoms in total. The minimum Gasteiger partial charge on any atom is -0.392 e. The van der Waals surface area contributed by atoms with Crippen LogP contribution in [0.1, 0.15) is 25.5 Å². The second kappa shape index (κ2) is 5.17. The Hall–Kier alpha value is -0.900. The summed E-state index contributed by atoms with van der Waals surface area (Å²) < 4.78 is 11.2. The third-order valence-electron chi connectivity index (χ3n) is 3.63. The first-order valence-electron chi connectivity index (χ1n) is 6.06. The zero-order valence-electron chi connectivity index (χ0n) is 10.5. The molecular weight excluding hydrogens is 216 g/mol. The van der Waals surface area contributed by atoms with Crippen LogP contribution in [0.25, 0.3) is 0 Å². The maximum atomic E-state index is 10.2. The van der Waals surface area contributed by atoms with Crippen molar-refractivity contribution >= 4 is 0 Å². The topological polar surface area (TPSA) is 38.7 Å². The summed E-state index contributed by atoms with van der Waals surface area (Å²) in [6.45, 7) is 3.97. The molecule has 94 valence electrons. The molecule has 0 aliphatic carbocycles. The molecule has 1 aromatic rings. The van der Waals surface area contributed by atoms with Crippen LogP contribution in [-0.4, -0.2) is 24.6 Å². The van der Waals surface area contributed by atoms with Gasteiger partial charge in [-0.3, -0.25) is 0 Å². The highest BCUT2D eigenvalue weighted by Gasteiger charge is 2.41. The molecule has 0 amide bonds. The summed E-state index contributed by atoms with van der Waals surface area (Å²) in [6, 6.07) is 9.99. The van der Waals surface area contributed by atoms with Crippen LogP contribution < -0.4 is 0 Å². The van der Waals surface area contributed by atoms with Crippen LogP contribution in [-0.2, 0) is 9.47 Å². The van der Waals surface area contributed by atoms with Crippen molar-refractivity contribution in [3.63, 3.8) is 0 Å². The molecule has 17 heavy (non-hydrogen) atoms. The van der Waals surface area contributed by atoms with Crippen molar-refractivity contribution in [2.75, 3.05) is 7.11 Å². The Morgan fingerprint density at radius 3 is 2.35 bits per heavy atom. The van der Waals surface area contributed by atoms with E-state index in [9.17, 15) is 5.11 Å². The van der Waals surface area contributed by atoms with Gasteiger partial charge in [0.25, 0.3) is 0 Å². The zero-order chi connectivity index (χ0) is 12.4. The minimum atomic E-state index is -0.404. The predicted octanol–water partition coefficient (Wildman–Crippen LogP) is 2.36. The van der Waals surface area contributed by atoms with Crippen molar-refractivity contribution in [2.24, 2.45) is 11.8 Å². The minimum absolute atomic E-state index is 0.00466. The van der Waals surface area contributed by atoms with E-state index in [-0.39, 0.29) is 24.2 Å². The zero-order valence-corrected chi connectivity index (χ0v) is 10.5. The Labute approximate surface area is 102 Å². The summed E-state index contributed by atoms with van der Waals surface area (Å²) in [4.78, 5) is 0. The van der Waals surface area contributed by atoms with Gasteiger partial charge in [-0.25, -0.2) is 0 Å². The lowest BCUT2D eigenvalue weighted by Crippen LogP contribution is -2.45. The van der Waals surface area contributed by atoms with Gasteiger partial charge in [-0.1, -0.05) is 44.2 Å². The third-order valence-corrected chi connectivity index (χ3v) is 3.63. The fourth-order valence-electron chi connectivity index (χ4n) is 2.51. The van der Waals surface area contributed by atoms with Crippen molar-refractivity contribution in [3.05, 3.63) is 35.9 Å². The number of hydrogen-bond acceptors (Lipinski definition) is 3. The summed E-state index contributed by atoms with van der Waals surface area (Å²) in [5, 5.41) is 10.2. The molecule has 0 saturated carbocycles. The molecule has 1 saturated heterocycles. The predicted molar refractivity (Wildman–Crippen MR) is 65.4 cm³/mol. The molecule has 2 rings (SSSR count). The second-order valence-corrected chi connectivity index (χ2v) is 4.78. The third kappa shape index (κ3) is 2.37. The number of hydrogen-bond donors (Lipinski definition) is 1. The number of ether oxygens (including phenoxy) is 2. The van der Waals surface area contributed by atoms with Crippen LogP contribution in [0.4, 0.5) is 0 Å². The van der Waals surface area contributed by atoms with E-state index in [1.807, 2.05) is 44.2 Å². The Morgan fingerprint density at radius 1 is 1.12 bits per heavy atom. The summed E-state index contributed by atoms with van der Waals surface area (Å²) in [5.41, 5.74) is 1.09. The highest BCUT2D eigenvalue weighted by Crippen LogP contribution is 2.39. The van der Waals surface area contributed by atoms with Gasteiger partial charge < -0.3 is 14.6 Å². The van der Waals surface area contributed by atoms with E-state index in [1.165, 1.54) is 0 Å². The van der Waals surface area contributed by atoms with Crippen molar-refractivity contribution in [1.82, 2.24) is 0 Å². The van der Waals surface area contributed by atoms with Crippen LogP contribution >= 0.6 is 0 Å². The molecule has 1 aromatic carbocycles. The Morgan fingerprint density at radius 2 is 1.76 bits per heavy atom. The molecule has 0 unspecified atom stereocenters. The summed E-state index contributed by atoms with van der Waals surface area (Å²) in [7, 11) is 1.62. The van der Waals surface area contributed by atoms with Gasteiger partial charge in [-0.2, -0.15) is 0 Å². The lowest BCUT2D eigenvalue weighted by molar-refractivity contribution is -0.255. The summed E-state index contributed by atoms with van der Waals surface area (Å²) in [6.07, 6.45) is -0.849. The maximum absolute atomic E-state index is 10.2. The smallest absolute Gasteiger partial charge is 0.163 e. The van der Waals surface area contributed by atoms with Crippen LogP contribution in [0.15, 0.2) is 30.3 Å². The average molecular weight is 236 g/mol. The molecule has 1 fully saturated rings. The SMILES string of the molecule is CO[C@@H]1O[C@H](c2ccccc2)[C@H](C)[C@H](O)[C@H]1C. The van der Waals surface area contributed by atoms with Gasteiger partial charge in [0.1, 0.15) is 0 Å². The number of aliphatic hydroxyl groups is 1. The van der Waals surface area contributed by atoms with Gasteiger partial charge in [-0.15, -0.1) is 0 Å². The van der Waals surface area contributed by atoms with Crippen molar-refractivity contribution in [1.29, 1.82) is 0 Å². The number of aliphatic hydroxyl groups excluding tert-OH is 1. The highest BCUT2D eigenvalue weighted by molar-refractivity contribution is 5.19. The van der Waals surface area contributed by atoms with Gasteiger partial charge in [0.2, 0.25) is 0 Å². The molecule has 3 heteroatoms. The summed E-state index contributed by atoms with van der Waals surface area (Å²) in [5.74, 6) is 0.0637. The van der Waals surface area contributed by atoms with E-state index in [0.29, 0.717) is 0 Å². The number of methoxy groups -OCH3 is 1. The van der Waals surface area contributed by atoms with E-state index in [2.05, 4.69) is 0 Å². The molecule has 0 aromatic heterocycles. The van der Waals surface area contributed by atoms with Gasteiger partial charge in [0.05, 0.1) is 12.2 Å². The molecule has 1 N–H and O–H groups in total. The first-order valence-corrected chi connectivity index (χ1v) is 6.06. The van der Waals surface area contributed by atoms with Crippen LogP contribution in [0, 0.1) is 11.8 Å². The van der Waals surface area contributed by atoms with Gasteiger partial charge in [-0.05, 0) is 5.56 Å². The normalized spacial score (nSPS) is 38.0. The fraction of sp³-hybridized carbons (Fsp3) is 0.571. The monoisotopic (exact) mass is 236 g/mol. The lowest BCUT2D eigenvalue weighted by atomic mass is 9.83. The fourth-order valence-corrected chi connectivity index (χ4v) is 2.51. The van der Waals surface area contributed by atoms with Crippen molar-refractivity contribution < 1.29 is 14.6 Å².